The minimum absolute atomic E-state index is 0.0833. The van der Waals surface area contributed by atoms with Crippen molar-refractivity contribution < 1.29 is 4.74 Å². The van der Waals surface area contributed by atoms with Crippen LogP contribution < -0.4 is 10.3 Å². The molecule has 0 saturated heterocycles. The van der Waals surface area contributed by atoms with E-state index in [1.165, 1.54) is 5.56 Å². The van der Waals surface area contributed by atoms with Gasteiger partial charge >= 0.3 is 0 Å². The Morgan fingerprint density at radius 3 is 2.32 bits per heavy atom. The molecule has 0 aliphatic heterocycles. The van der Waals surface area contributed by atoms with Gasteiger partial charge in [0.15, 0.2) is 0 Å². The van der Waals surface area contributed by atoms with Gasteiger partial charge in [-0.2, -0.15) is 0 Å². The summed E-state index contributed by atoms with van der Waals surface area (Å²) >= 11 is 0. The number of rotatable bonds is 7. The fourth-order valence-electron chi connectivity index (χ4n) is 3.26. The van der Waals surface area contributed by atoms with Crippen LogP contribution in [0.4, 0.5) is 5.69 Å². The van der Waals surface area contributed by atoms with Gasteiger partial charge in [-0.05, 0) is 61.7 Å². The third-order valence-corrected chi connectivity index (χ3v) is 4.80. The molecule has 1 heterocycles. The maximum absolute atomic E-state index is 13.2. The predicted molar refractivity (Wildman–Crippen MR) is 115 cm³/mol. The van der Waals surface area contributed by atoms with Crippen LogP contribution in [0.15, 0.2) is 58.3 Å². The third kappa shape index (κ3) is 4.09. The molecule has 0 spiro atoms. The molecule has 0 amide bonds. The number of benzene rings is 2. The molecule has 0 unspecified atom stereocenters. The van der Waals surface area contributed by atoms with Crippen LogP contribution in [0.1, 0.15) is 44.0 Å². The number of ether oxygens (including phenoxy) is 1. The lowest BCUT2D eigenvalue weighted by atomic mass is 10.1. The number of aromatic nitrogens is 2. The van der Waals surface area contributed by atoms with Gasteiger partial charge in [-0.25, -0.2) is 4.68 Å². The largest absolute Gasteiger partial charge is 0.497 e. The fourth-order valence-corrected chi connectivity index (χ4v) is 3.26. The van der Waals surface area contributed by atoms with Crippen LogP contribution in [0.5, 0.6) is 5.75 Å². The van der Waals surface area contributed by atoms with Gasteiger partial charge in [-0.3, -0.25) is 14.9 Å². The summed E-state index contributed by atoms with van der Waals surface area (Å²) in [5, 5.41) is 3.27. The van der Waals surface area contributed by atoms with Crippen molar-refractivity contribution in [1.82, 2.24) is 9.78 Å². The molecule has 0 saturated carbocycles. The van der Waals surface area contributed by atoms with Crippen LogP contribution in [0.25, 0.3) is 5.69 Å². The maximum Gasteiger partial charge on any atom is 0.280 e. The van der Waals surface area contributed by atoms with Gasteiger partial charge in [-0.1, -0.05) is 32.4 Å². The van der Waals surface area contributed by atoms with Crippen molar-refractivity contribution in [2.45, 2.75) is 40.0 Å². The van der Waals surface area contributed by atoms with Gasteiger partial charge in [0, 0.05) is 5.69 Å². The smallest absolute Gasteiger partial charge is 0.280 e. The molecule has 1 N–H and O–H groups in total. The lowest BCUT2D eigenvalue weighted by Gasteiger charge is -2.03. The van der Waals surface area contributed by atoms with Crippen LogP contribution in [0.3, 0.4) is 0 Å². The van der Waals surface area contributed by atoms with Gasteiger partial charge in [0.25, 0.3) is 5.56 Å². The first-order valence-corrected chi connectivity index (χ1v) is 9.70. The molecule has 0 fully saturated rings. The number of H-pyrrole nitrogens is 1. The minimum atomic E-state index is -0.0833. The lowest BCUT2D eigenvalue weighted by Crippen LogP contribution is -2.19. The molecular weight excluding hydrogens is 350 g/mol. The summed E-state index contributed by atoms with van der Waals surface area (Å²) in [5.74, 6) is 0.755. The highest BCUT2D eigenvalue weighted by Crippen LogP contribution is 2.18. The summed E-state index contributed by atoms with van der Waals surface area (Å²) in [6.45, 7) is 6.13. The number of aryl methyl sites for hydroxylation is 2. The van der Waals surface area contributed by atoms with Crippen molar-refractivity contribution in [3.63, 3.8) is 0 Å². The summed E-state index contributed by atoms with van der Waals surface area (Å²) in [6.07, 6.45) is 2.72. The van der Waals surface area contributed by atoms with Crippen molar-refractivity contribution >= 4 is 11.4 Å². The van der Waals surface area contributed by atoms with E-state index in [4.69, 9.17) is 9.73 Å². The summed E-state index contributed by atoms with van der Waals surface area (Å²) in [4.78, 5) is 17.9. The second-order valence-electron chi connectivity index (χ2n) is 6.77. The van der Waals surface area contributed by atoms with Gasteiger partial charge < -0.3 is 4.74 Å². The normalized spacial score (nSPS) is 11.6. The number of aromatic amines is 1. The average Bonchev–Trinajstić information content (AvgIpc) is 3.05. The molecule has 0 radical (unpaired) electrons. The Morgan fingerprint density at radius 1 is 1.07 bits per heavy atom. The van der Waals surface area contributed by atoms with Crippen LogP contribution in [0.2, 0.25) is 0 Å². The van der Waals surface area contributed by atoms with Gasteiger partial charge in [0.2, 0.25) is 0 Å². The summed E-state index contributed by atoms with van der Waals surface area (Å²) in [5.41, 5.74) is 5.10. The molecule has 28 heavy (non-hydrogen) atoms. The highest BCUT2D eigenvalue weighted by Gasteiger charge is 2.17. The van der Waals surface area contributed by atoms with Crippen molar-refractivity contribution in [3.8, 4) is 11.4 Å². The van der Waals surface area contributed by atoms with E-state index in [-0.39, 0.29) is 5.56 Å². The summed E-state index contributed by atoms with van der Waals surface area (Å²) in [6, 6.07) is 15.6. The van der Waals surface area contributed by atoms with Crippen molar-refractivity contribution in [1.29, 1.82) is 0 Å². The van der Waals surface area contributed by atoms with Gasteiger partial charge in [-0.15, -0.1) is 0 Å². The maximum atomic E-state index is 13.2. The van der Waals surface area contributed by atoms with E-state index in [0.717, 1.165) is 47.8 Å². The summed E-state index contributed by atoms with van der Waals surface area (Å²) in [7, 11) is 1.63. The van der Waals surface area contributed by atoms with Crippen LogP contribution in [0, 0.1) is 0 Å². The van der Waals surface area contributed by atoms with Crippen LogP contribution >= 0.6 is 0 Å². The Bertz CT molecular complexity index is 1010. The highest BCUT2D eigenvalue weighted by molar-refractivity contribution is 6.01. The second kappa shape index (κ2) is 8.74. The first-order chi connectivity index (χ1) is 13.6. The Labute approximate surface area is 165 Å². The first kappa shape index (κ1) is 19.7. The molecule has 0 atom stereocenters. The number of aliphatic imine (C=N–C) groups is 1. The van der Waals surface area contributed by atoms with E-state index >= 15 is 0 Å². The van der Waals surface area contributed by atoms with Crippen molar-refractivity contribution in [3.05, 3.63) is 75.7 Å². The number of nitrogens with one attached hydrogen (secondary N) is 1. The topological polar surface area (TPSA) is 59.4 Å². The second-order valence-corrected chi connectivity index (χ2v) is 6.77. The molecular formula is C23H27N3O2. The molecule has 0 aliphatic carbocycles. The van der Waals surface area contributed by atoms with Crippen LogP contribution in [-0.2, 0) is 12.8 Å². The van der Waals surface area contributed by atoms with Gasteiger partial charge in [0.1, 0.15) is 5.75 Å². The Morgan fingerprint density at radius 2 is 1.75 bits per heavy atom. The number of hydrogen-bond donors (Lipinski definition) is 1. The molecule has 146 valence electrons. The third-order valence-electron chi connectivity index (χ3n) is 4.80. The molecule has 0 bridgehead atoms. The van der Waals surface area contributed by atoms with E-state index < -0.39 is 0 Å². The molecule has 1 aromatic heterocycles. The van der Waals surface area contributed by atoms with Crippen LogP contribution in [-0.4, -0.2) is 22.6 Å². The summed E-state index contributed by atoms with van der Waals surface area (Å²) < 4.78 is 6.79. The van der Waals surface area contributed by atoms with E-state index in [1.54, 1.807) is 11.8 Å². The van der Waals surface area contributed by atoms with Crippen molar-refractivity contribution in [2.24, 2.45) is 4.99 Å². The fraction of sp³-hybridized carbons (Fsp3) is 0.304. The van der Waals surface area contributed by atoms with Gasteiger partial charge in [0.05, 0.1) is 29.8 Å². The molecule has 5 nitrogen and oxygen atoms in total. The Kier molecular flexibility index (Phi) is 6.14. The monoisotopic (exact) mass is 377 g/mol. The standard InChI is InChI=1S/C23H27N3O2/c1-5-7-21-22(16(3)24-18-10-8-17(6-2)9-11-18)23(27)26(25-21)19-12-14-20(28-4)15-13-19/h8-15,25H,5-7H2,1-4H3. The molecule has 5 heteroatoms. The molecule has 2 aromatic carbocycles. The molecule has 3 aromatic rings. The highest BCUT2D eigenvalue weighted by atomic mass is 16.5. The average molecular weight is 377 g/mol. The van der Waals surface area contributed by atoms with Crippen molar-refractivity contribution in [2.75, 3.05) is 7.11 Å². The van der Waals surface area contributed by atoms with E-state index in [9.17, 15) is 4.79 Å². The Balaban J connectivity index is 2.04. The number of methoxy groups -OCH3 is 1. The number of hydrogen-bond acceptors (Lipinski definition) is 3. The molecule has 3 rings (SSSR count). The Hall–Kier alpha value is -3.08. The lowest BCUT2D eigenvalue weighted by molar-refractivity contribution is 0.414. The van der Waals surface area contributed by atoms with E-state index in [2.05, 4.69) is 31.1 Å². The minimum Gasteiger partial charge on any atom is -0.497 e. The SMILES string of the molecule is CCCc1[nH]n(-c2ccc(OC)cc2)c(=O)c1C(C)=Nc1ccc(CC)cc1. The van der Waals surface area contributed by atoms with E-state index in [1.807, 2.05) is 43.3 Å². The molecule has 0 aliphatic rings. The zero-order chi connectivity index (χ0) is 20.1. The zero-order valence-electron chi connectivity index (χ0n) is 17.0. The first-order valence-electron chi connectivity index (χ1n) is 9.70. The number of nitrogens with zero attached hydrogens (tertiary/aromatic N) is 2. The quantitative estimate of drug-likeness (QED) is 0.600. The zero-order valence-corrected chi connectivity index (χ0v) is 17.0. The predicted octanol–water partition coefficient (Wildman–Crippen LogP) is 4.83. The van der Waals surface area contributed by atoms with E-state index in [0.29, 0.717) is 5.56 Å².